The molecule has 2 heterocycles. The fraction of sp³-hybridized carbons (Fsp3) is 0.476. The van der Waals surface area contributed by atoms with E-state index in [-0.39, 0.29) is 11.9 Å². The molecule has 0 spiro atoms. The summed E-state index contributed by atoms with van der Waals surface area (Å²) in [4.78, 5) is 15.0. The fourth-order valence-electron chi connectivity index (χ4n) is 4.02. The SMILES string of the molecule is Cc1cccc(-n2c(C)cc(C(=O)N3CCC(N(C)S(C)(=O)=O)CC3)c2C)c1. The van der Waals surface area contributed by atoms with Crippen LogP contribution in [0.2, 0.25) is 0 Å². The van der Waals surface area contributed by atoms with Gasteiger partial charge in [-0.25, -0.2) is 12.7 Å². The van der Waals surface area contributed by atoms with E-state index in [0.29, 0.717) is 31.5 Å². The van der Waals surface area contributed by atoms with E-state index in [2.05, 4.69) is 23.6 Å². The Kier molecular flexibility index (Phi) is 5.68. The van der Waals surface area contributed by atoms with Crippen LogP contribution < -0.4 is 0 Å². The molecule has 1 aromatic carbocycles. The molecule has 0 aliphatic carbocycles. The van der Waals surface area contributed by atoms with Crippen LogP contribution in [0.5, 0.6) is 0 Å². The van der Waals surface area contributed by atoms with Crippen LogP contribution in [0.3, 0.4) is 0 Å². The Morgan fingerprint density at radius 2 is 1.75 bits per heavy atom. The third-order valence-electron chi connectivity index (χ3n) is 5.71. The summed E-state index contributed by atoms with van der Waals surface area (Å²) in [5, 5.41) is 0. The van der Waals surface area contributed by atoms with Gasteiger partial charge in [-0.2, -0.15) is 0 Å². The molecule has 1 aromatic heterocycles. The summed E-state index contributed by atoms with van der Waals surface area (Å²) in [6.07, 6.45) is 2.54. The second kappa shape index (κ2) is 7.72. The van der Waals surface area contributed by atoms with E-state index in [1.54, 1.807) is 7.05 Å². The van der Waals surface area contributed by atoms with Crippen molar-refractivity contribution in [1.82, 2.24) is 13.8 Å². The van der Waals surface area contributed by atoms with Gasteiger partial charge in [-0.3, -0.25) is 4.79 Å². The number of benzene rings is 1. The first-order chi connectivity index (χ1) is 13.1. The van der Waals surface area contributed by atoms with Crippen LogP contribution >= 0.6 is 0 Å². The van der Waals surface area contributed by atoms with Crippen LogP contribution in [0.1, 0.15) is 40.2 Å². The Morgan fingerprint density at radius 1 is 1.11 bits per heavy atom. The summed E-state index contributed by atoms with van der Waals surface area (Å²) >= 11 is 0. The number of sulfonamides is 1. The highest BCUT2D eigenvalue weighted by Crippen LogP contribution is 2.25. The average Bonchev–Trinajstić information content (AvgIpc) is 2.94. The van der Waals surface area contributed by atoms with Gasteiger partial charge in [0.2, 0.25) is 10.0 Å². The summed E-state index contributed by atoms with van der Waals surface area (Å²) in [5.74, 6) is 0.0208. The minimum atomic E-state index is -3.21. The van der Waals surface area contributed by atoms with E-state index >= 15 is 0 Å². The van der Waals surface area contributed by atoms with E-state index in [0.717, 1.165) is 17.1 Å². The molecule has 1 amide bonds. The molecule has 1 aliphatic heterocycles. The monoisotopic (exact) mass is 403 g/mol. The number of likely N-dealkylation sites (tertiary alicyclic amines) is 1. The van der Waals surface area contributed by atoms with E-state index in [9.17, 15) is 13.2 Å². The first kappa shape index (κ1) is 20.6. The molecule has 0 atom stereocenters. The van der Waals surface area contributed by atoms with Crippen molar-refractivity contribution in [3.05, 3.63) is 52.8 Å². The van der Waals surface area contributed by atoms with Crippen LogP contribution in [-0.4, -0.2) is 60.5 Å². The first-order valence-electron chi connectivity index (χ1n) is 9.58. The van der Waals surface area contributed by atoms with Crippen molar-refractivity contribution >= 4 is 15.9 Å². The quantitative estimate of drug-likeness (QED) is 0.789. The number of carbonyl (C=O) groups is 1. The van der Waals surface area contributed by atoms with Gasteiger partial charge in [0.25, 0.3) is 5.91 Å². The Bertz CT molecular complexity index is 986. The number of amides is 1. The van der Waals surface area contributed by atoms with E-state index < -0.39 is 10.0 Å². The van der Waals surface area contributed by atoms with Gasteiger partial charge in [-0.1, -0.05) is 12.1 Å². The van der Waals surface area contributed by atoms with Crippen molar-refractivity contribution in [2.75, 3.05) is 26.4 Å². The highest BCUT2D eigenvalue weighted by Gasteiger charge is 2.30. The highest BCUT2D eigenvalue weighted by atomic mass is 32.2. The smallest absolute Gasteiger partial charge is 0.255 e. The van der Waals surface area contributed by atoms with Gasteiger partial charge in [0.1, 0.15) is 0 Å². The van der Waals surface area contributed by atoms with Crippen molar-refractivity contribution < 1.29 is 13.2 Å². The molecule has 1 saturated heterocycles. The second-order valence-electron chi connectivity index (χ2n) is 7.76. The Balaban J connectivity index is 1.79. The predicted molar refractivity (Wildman–Crippen MR) is 112 cm³/mol. The maximum absolute atomic E-state index is 13.1. The maximum atomic E-state index is 13.1. The lowest BCUT2D eigenvalue weighted by molar-refractivity contribution is 0.0685. The zero-order valence-corrected chi connectivity index (χ0v) is 18.1. The Labute approximate surface area is 167 Å². The number of rotatable bonds is 4. The molecule has 7 heteroatoms. The molecular formula is C21H29N3O3S. The van der Waals surface area contributed by atoms with Gasteiger partial charge in [0.15, 0.2) is 0 Å². The van der Waals surface area contributed by atoms with Gasteiger partial charge in [0.05, 0.1) is 11.8 Å². The number of hydrogen-bond donors (Lipinski definition) is 0. The van der Waals surface area contributed by atoms with Crippen LogP contribution in [-0.2, 0) is 10.0 Å². The molecule has 0 bridgehead atoms. The zero-order valence-electron chi connectivity index (χ0n) is 17.3. The van der Waals surface area contributed by atoms with Gasteiger partial charge in [0, 0.05) is 43.3 Å². The molecule has 152 valence electrons. The number of aryl methyl sites for hydroxylation is 2. The van der Waals surface area contributed by atoms with E-state index in [1.807, 2.05) is 36.9 Å². The molecule has 0 unspecified atom stereocenters. The van der Waals surface area contributed by atoms with E-state index in [4.69, 9.17) is 0 Å². The average molecular weight is 404 g/mol. The largest absolute Gasteiger partial charge is 0.338 e. The number of piperidine rings is 1. The molecule has 3 rings (SSSR count). The van der Waals surface area contributed by atoms with Crippen molar-refractivity contribution in [2.24, 2.45) is 0 Å². The summed E-state index contributed by atoms with van der Waals surface area (Å²) in [7, 11) is -1.59. The zero-order chi connectivity index (χ0) is 20.6. The van der Waals surface area contributed by atoms with Crippen LogP contribution in [0, 0.1) is 20.8 Å². The van der Waals surface area contributed by atoms with Gasteiger partial charge in [-0.15, -0.1) is 0 Å². The molecule has 28 heavy (non-hydrogen) atoms. The Morgan fingerprint density at radius 3 is 2.32 bits per heavy atom. The van der Waals surface area contributed by atoms with Crippen molar-refractivity contribution in [3.8, 4) is 5.69 Å². The second-order valence-corrected chi connectivity index (χ2v) is 9.80. The maximum Gasteiger partial charge on any atom is 0.255 e. The normalized spacial score (nSPS) is 16.0. The minimum Gasteiger partial charge on any atom is -0.338 e. The van der Waals surface area contributed by atoms with Crippen molar-refractivity contribution in [2.45, 2.75) is 39.7 Å². The number of hydrogen-bond acceptors (Lipinski definition) is 3. The van der Waals surface area contributed by atoms with Crippen molar-refractivity contribution in [3.63, 3.8) is 0 Å². The number of carbonyl (C=O) groups excluding carboxylic acids is 1. The van der Waals surface area contributed by atoms with Gasteiger partial charge < -0.3 is 9.47 Å². The summed E-state index contributed by atoms with van der Waals surface area (Å²) in [6.45, 7) is 7.18. The molecule has 0 saturated carbocycles. The minimum absolute atomic E-state index is 0.0208. The Hall–Kier alpha value is -2.12. The fourth-order valence-corrected chi connectivity index (χ4v) is 4.77. The molecule has 1 fully saturated rings. The number of aromatic nitrogens is 1. The number of nitrogens with zero attached hydrogens (tertiary/aromatic N) is 3. The molecule has 0 N–H and O–H groups in total. The highest BCUT2D eigenvalue weighted by molar-refractivity contribution is 7.88. The van der Waals surface area contributed by atoms with Crippen LogP contribution in [0.25, 0.3) is 5.69 Å². The van der Waals surface area contributed by atoms with Crippen molar-refractivity contribution in [1.29, 1.82) is 0 Å². The third kappa shape index (κ3) is 4.00. The topological polar surface area (TPSA) is 62.6 Å². The molecule has 0 radical (unpaired) electrons. The molecule has 6 nitrogen and oxygen atoms in total. The third-order valence-corrected chi connectivity index (χ3v) is 7.05. The van der Waals surface area contributed by atoms with Gasteiger partial charge in [-0.05, 0) is 57.4 Å². The standard InChI is InChI=1S/C21H29N3O3S/c1-15-7-6-8-19(13-15)24-16(2)14-20(17(24)3)21(25)23-11-9-18(10-12-23)22(4)28(5,26)27/h6-8,13-14,18H,9-12H2,1-5H3. The van der Waals surface area contributed by atoms with Gasteiger partial charge >= 0.3 is 0 Å². The molecule has 1 aliphatic rings. The molecular weight excluding hydrogens is 374 g/mol. The van der Waals surface area contributed by atoms with E-state index in [1.165, 1.54) is 16.1 Å². The lowest BCUT2D eigenvalue weighted by Crippen LogP contribution is -2.47. The summed E-state index contributed by atoms with van der Waals surface area (Å²) < 4.78 is 27.1. The lowest BCUT2D eigenvalue weighted by atomic mass is 10.0. The predicted octanol–water partition coefficient (Wildman–Crippen LogP) is 2.90. The summed E-state index contributed by atoms with van der Waals surface area (Å²) in [6, 6.07) is 10.2. The lowest BCUT2D eigenvalue weighted by Gasteiger charge is -2.35. The first-order valence-corrected chi connectivity index (χ1v) is 11.4. The van der Waals surface area contributed by atoms with Crippen LogP contribution in [0.4, 0.5) is 0 Å². The van der Waals surface area contributed by atoms with Crippen LogP contribution in [0.15, 0.2) is 30.3 Å². The summed E-state index contributed by atoms with van der Waals surface area (Å²) in [5.41, 5.74) is 4.91. The molecule has 2 aromatic rings.